The van der Waals surface area contributed by atoms with Crippen molar-refractivity contribution in [3.63, 3.8) is 0 Å². The number of thiophene rings is 1. The van der Waals surface area contributed by atoms with Crippen LogP contribution >= 0.6 is 36.2 Å². The van der Waals surface area contributed by atoms with Crippen LogP contribution in [0.1, 0.15) is 50.0 Å². The van der Waals surface area contributed by atoms with Crippen LogP contribution in [0.15, 0.2) is 11.4 Å². The molecule has 1 saturated carbocycles. The van der Waals surface area contributed by atoms with E-state index in [1.54, 1.807) is 0 Å². The molecule has 0 radical (unpaired) electrons. The molecule has 3 unspecified atom stereocenters. The van der Waals surface area contributed by atoms with Crippen LogP contribution in [-0.4, -0.2) is 35.5 Å². The Morgan fingerprint density at radius 2 is 2.24 bits per heavy atom. The monoisotopic (exact) mass is 407 g/mol. The number of nitrogens with two attached hydrogens (primary N) is 1. The second-order valence-corrected chi connectivity index (χ2v) is 8.49. The van der Waals surface area contributed by atoms with Crippen LogP contribution in [0.3, 0.4) is 0 Å². The Kier molecular flexibility index (Phi) is 8.69. The van der Waals surface area contributed by atoms with Gasteiger partial charge in [0.25, 0.3) is 0 Å². The SMILES string of the molecule is CC(CNC(=O)C1CCCCC1(C)N)N1CCc2sccc2C1.Cl.Cl. The predicted octanol–water partition coefficient (Wildman–Crippen LogP) is 3.36. The molecule has 2 heterocycles. The molecule has 25 heavy (non-hydrogen) atoms. The summed E-state index contributed by atoms with van der Waals surface area (Å²) in [6.07, 6.45) is 5.27. The van der Waals surface area contributed by atoms with E-state index < -0.39 is 0 Å². The number of amides is 1. The van der Waals surface area contributed by atoms with Gasteiger partial charge in [0.05, 0.1) is 5.92 Å². The number of nitrogens with one attached hydrogen (secondary N) is 1. The average Bonchev–Trinajstić information content (AvgIpc) is 2.99. The van der Waals surface area contributed by atoms with Crippen molar-refractivity contribution in [2.75, 3.05) is 13.1 Å². The number of rotatable bonds is 4. The molecule has 1 aromatic rings. The van der Waals surface area contributed by atoms with Gasteiger partial charge in [-0.25, -0.2) is 0 Å². The minimum atomic E-state index is -0.345. The van der Waals surface area contributed by atoms with Gasteiger partial charge >= 0.3 is 0 Å². The zero-order valence-corrected chi connectivity index (χ0v) is 17.6. The van der Waals surface area contributed by atoms with Crippen LogP contribution in [-0.2, 0) is 17.8 Å². The quantitative estimate of drug-likeness (QED) is 0.803. The predicted molar refractivity (Wildman–Crippen MR) is 110 cm³/mol. The van der Waals surface area contributed by atoms with Gasteiger partial charge in [0.1, 0.15) is 0 Å². The van der Waals surface area contributed by atoms with E-state index in [0.29, 0.717) is 12.6 Å². The lowest BCUT2D eigenvalue weighted by atomic mass is 9.74. The third-order valence-corrected chi connectivity index (χ3v) is 6.63. The van der Waals surface area contributed by atoms with Gasteiger partial charge in [-0.05, 0) is 50.1 Å². The van der Waals surface area contributed by atoms with Gasteiger partial charge in [0.2, 0.25) is 5.91 Å². The summed E-state index contributed by atoms with van der Waals surface area (Å²) < 4.78 is 0. The highest BCUT2D eigenvalue weighted by molar-refractivity contribution is 7.10. The molecule has 1 aromatic heterocycles. The number of halogens is 2. The molecule has 1 aliphatic carbocycles. The van der Waals surface area contributed by atoms with Crippen molar-refractivity contribution in [2.45, 2.75) is 64.1 Å². The second kappa shape index (κ2) is 9.56. The topological polar surface area (TPSA) is 58.4 Å². The van der Waals surface area contributed by atoms with Gasteiger partial charge in [-0.1, -0.05) is 12.8 Å². The van der Waals surface area contributed by atoms with Crippen LogP contribution < -0.4 is 11.1 Å². The maximum absolute atomic E-state index is 12.6. The van der Waals surface area contributed by atoms with Crippen molar-refractivity contribution in [1.29, 1.82) is 0 Å². The maximum Gasteiger partial charge on any atom is 0.225 e. The van der Waals surface area contributed by atoms with Crippen molar-refractivity contribution in [3.8, 4) is 0 Å². The first-order chi connectivity index (χ1) is 11.0. The van der Waals surface area contributed by atoms with E-state index >= 15 is 0 Å². The molecule has 3 N–H and O–H groups in total. The molecule has 0 saturated heterocycles. The van der Waals surface area contributed by atoms with E-state index in [1.807, 2.05) is 18.3 Å². The Hall–Kier alpha value is -0.330. The fourth-order valence-corrected chi connectivity index (χ4v) is 4.83. The summed E-state index contributed by atoms with van der Waals surface area (Å²) in [5.74, 6) is 0.114. The largest absolute Gasteiger partial charge is 0.354 e. The molecular formula is C18H31Cl2N3OS. The molecule has 1 fully saturated rings. The first kappa shape index (κ1) is 22.7. The van der Waals surface area contributed by atoms with Gasteiger partial charge in [-0.3, -0.25) is 9.69 Å². The summed E-state index contributed by atoms with van der Waals surface area (Å²) in [6.45, 7) is 7.05. The third kappa shape index (κ3) is 5.33. The fraction of sp³-hybridized carbons (Fsp3) is 0.722. The molecule has 3 rings (SSSR count). The highest BCUT2D eigenvalue weighted by Crippen LogP contribution is 2.31. The van der Waals surface area contributed by atoms with E-state index in [9.17, 15) is 4.79 Å². The zero-order valence-electron chi connectivity index (χ0n) is 15.1. The lowest BCUT2D eigenvalue weighted by molar-refractivity contribution is -0.128. The van der Waals surface area contributed by atoms with E-state index in [2.05, 4.69) is 28.6 Å². The Labute approximate surface area is 167 Å². The standard InChI is InChI=1S/C18H29N3OS.2ClH/c1-13(21-9-6-16-14(12-21)7-10-23-16)11-20-17(22)15-5-3-4-8-18(15,2)19;;/h7,10,13,15H,3-6,8-9,11-12,19H2,1-2H3,(H,20,22);2*1H. The molecule has 0 spiro atoms. The normalized spacial score (nSPS) is 27.4. The van der Waals surface area contributed by atoms with Gasteiger partial charge in [-0.15, -0.1) is 36.2 Å². The van der Waals surface area contributed by atoms with Crippen LogP contribution in [0.2, 0.25) is 0 Å². The van der Waals surface area contributed by atoms with Crippen molar-refractivity contribution in [1.82, 2.24) is 10.2 Å². The number of carbonyl (C=O) groups excluding carboxylic acids is 1. The second-order valence-electron chi connectivity index (χ2n) is 7.49. The molecule has 0 aromatic carbocycles. The number of hydrogen-bond acceptors (Lipinski definition) is 4. The molecule has 1 amide bonds. The molecule has 0 bridgehead atoms. The minimum Gasteiger partial charge on any atom is -0.354 e. The summed E-state index contributed by atoms with van der Waals surface area (Å²) in [5.41, 5.74) is 7.46. The summed E-state index contributed by atoms with van der Waals surface area (Å²) in [7, 11) is 0. The highest BCUT2D eigenvalue weighted by Gasteiger charge is 2.37. The van der Waals surface area contributed by atoms with Crippen molar-refractivity contribution in [2.24, 2.45) is 11.7 Å². The van der Waals surface area contributed by atoms with Crippen LogP contribution in [0.5, 0.6) is 0 Å². The average molecular weight is 408 g/mol. The van der Waals surface area contributed by atoms with Gasteiger partial charge < -0.3 is 11.1 Å². The van der Waals surface area contributed by atoms with Crippen LogP contribution in [0.25, 0.3) is 0 Å². The van der Waals surface area contributed by atoms with Gasteiger partial charge in [0, 0.05) is 36.1 Å². The van der Waals surface area contributed by atoms with E-state index in [0.717, 1.165) is 45.2 Å². The molecule has 144 valence electrons. The first-order valence-corrected chi connectivity index (χ1v) is 9.71. The Morgan fingerprint density at radius 1 is 1.48 bits per heavy atom. The maximum atomic E-state index is 12.6. The molecule has 3 atom stereocenters. The van der Waals surface area contributed by atoms with Gasteiger partial charge in [0.15, 0.2) is 0 Å². The Bertz CT molecular complexity index is 564. The zero-order chi connectivity index (χ0) is 16.4. The summed E-state index contributed by atoms with van der Waals surface area (Å²) in [6, 6.07) is 2.60. The lowest BCUT2D eigenvalue weighted by Gasteiger charge is -2.38. The summed E-state index contributed by atoms with van der Waals surface area (Å²) in [4.78, 5) is 16.5. The smallest absolute Gasteiger partial charge is 0.225 e. The number of nitrogens with zero attached hydrogens (tertiary/aromatic N) is 1. The number of fused-ring (bicyclic) bond motifs is 1. The Balaban J connectivity index is 0.00000156. The van der Waals surface area contributed by atoms with E-state index in [-0.39, 0.29) is 42.2 Å². The van der Waals surface area contributed by atoms with Crippen molar-refractivity contribution >= 4 is 42.1 Å². The molecule has 1 aliphatic heterocycles. The first-order valence-electron chi connectivity index (χ1n) is 8.83. The number of hydrogen-bond donors (Lipinski definition) is 2. The molecule has 7 heteroatoms. The lowest BCUT2D eigenvalue weighted by Crippen LogP contribution is -2.54. The third-order valence-electron chi connectivity index (χ3n) is 5.60. The molecular weight excluding hydrogens is 377 g/mol. The molecule has 4 nitrogen and oxygen atoms in total. The minimum absolute atomic E-state index is 0. The van der Waals surface area contributed by atoms with E-state index in [4.69, 9.17) is 5.73 Å². The summed E-state index contributed by atoms with van der Waals surface area (Å²) >= 11 is 1.87. The van der Waals surface area contributed by atoms with Crippen LogP contribution in [0.4, 0.5) is 0 Å². The van der Waals surface area contributed by atoms with E-state index in [1.165, 1.54) is 10.4 Å². The van der Waals surface area contributed by atoms with Crippen molar-refractivity contribution in [3.05, 3.63) is 21.9 Å². The van der Waals surface area contributed by atoms with Crippen LogP contribution in [0, 0.1) is 5.92 Å². The fourth-order valence-electron chi connectivity index (χ4n) is 3.94. The van der Waals surface area contributed by atoms with Crippen molar-refractivity contribution < 1.29 is 4.79 Å². The highest BCUT2D eigenvalue weighted by atomic mass is 35.5. The summed E-state index contributed by atoms with van der Waals surface area (Å²) in [5, 5.41) is 5.35. The Morgan fingerprint density at radius 3 is 2.96 bits per heavy atom. The number of carbonyl (C=O) groups is 1. The molecule has 2 aliphatic rings. The van der Waals surface area contributed by atoms with Gasteiger partial charge in [-0.2, -0.15) is 0 Å².